The van der Waals surface area contributed by atoms with Crippen LogP contribution in [0.5, 0.6) is 0 Å². The molecule has 0 saturated carbocycles. The summed E-state index contributed by atoms with van der Waals surface area (Å²) in [6.07, 6.45) is 1.83. The molecule has 0 saturated heterocycles. The van der Waals surface area contributed by atoms with E-state index >= 15 is 0 Å². The summed E-state index contributed by atoms with van der Waals surface area (Å²) in [6, 6.07) is 10.4. The summed E-state index contributed by atoms with van der Waals surface area (Å²) in [4.78, 5) is 30.3. The van der Waals surface area contributed by atoms with E-state index in [2.05, 4.69) is 4.99 Å². The number of ketones is 1. The van der Waals surface area contributed by atoms with Crippen molar-refractivity contribution in [1.82, 2.24) is 4.57 Å². The van der Waals surface area contributed by atoms with Crippen molar-refractivity contribution in [3.63, 3.8) is 0 Å². The van der Waals surface area contributed by atoms with Crippen LogP contribution in [0.3, 0.4) is 0 Å². The molecule has 0 aliphatic carbocycles. The molecule has 3 rings (SSSR count). The van der Waals surface area contributed by atoms with Crippen molar-refractivity contribution in [2.75, 3.05) is 0 Å². The number of aryl methyl sites for hydroxylation is 1. The van der Waals surface area contributed by atoms with Crippen LogP contribution in [0.15, 0.2) is 58.3 Å². The maximum absolute atomic E-state index is 12.5. The van der Waals surface area contributed by atoms with E-state index in [1.165, 1.54) is 22.7 Å². The second kappa shape index (κ2) is 6.21. The lowest BCUT2D eigenvalue weighted by Crippen LogP contribution is -2.14. The van der Waals surface area contributed by atoms with E-state index in [1.807, 2.05) is 30.1 Å². The van der Waals surface area contributed by atoms with Gasteiger partial charge in [-0.3, -0.25) is 9.59 Å². The lowest BCUT2D eigenvalue weighted by atomic mass is 10.0. The molecule has 0 aliphatic rings. The van der Waals surface area contributed by atoms with Gasteiger partial charge < -0.3 is 4.57 Å². The van der Waals surface area contributed by atoms with Gasteiger partial charge in [0.1, 0.15) is 0 Å². The third-order valence-corrected chi connectivity index (χ3v) is 4.82. The van der Waals surface area contributed by atoms with E-state index < -0.39 is 5.91 Å². The van der Waals surface area contributed by atoms with Gasteiger partial charge in [-0.1, -0.05) is 24.3 Å². The first-order chi connectivity index (χ1) is 10.7. The molecule has 22 heavy (non-hydrogen) atoms. The molecule has 2 heterocycles. The molecule has 0 atom stereocenters. The van der Waals surface area contributed by atoms with Gasteiger partial charge in [-0.15, -0.1) is 22.7 Å². The van der Waals surface area contributed by atoms with Crippen molar-refractivity contribution in [3.05, 3.63) is 74.2 Å². The Hall–Kier alpha value is -2.31. The van der Waals surface area contributed by atoms with Crippen molar-refractivity contribution >= 4 is 34.4 Å². The van der Waals surface area contributed by atoms with Crippen LogP contribution < -0.4 is 4.80 Å². The number of hydrogen-bond acceptors (Lipinski definition) is 4. The Kier molecular flexibility index (Phi) is 4.13. The molecule has 3 aromatic rings. The number of amides is 1. The zero-order valence-corrected chi connectivity index (χ0v) is 13.4. The zero-order chi connectivity index (χ0) is 15.5. The third-order valence-electron chi connectivity index (χ3n) is 3.10. The van der Waals surface area contributed by atoms with Gasteiger partial charge in [0, 0.05) is 24.2 Å². The second-order valence-electron chi connectivity index (χ2n) is 4.57. The molecule has 1 aromatic carbocycles. The van der Waals surface area contributed by atoms with Crippen LogP contribution in [0.2, 0.25) is 0 Å². The first-order valence-electron chi connectivity index (χ1n) is 6.53. The van der Waals surface area contributed by atoms with Crippen molar-refractivity contribution in [2.45, 2.75) is 0 Å². The number of thiophene rings is 1. The first kappa shape index (κ1) is 14.6. The predicted molar refractivity (Wildman–Crippen MR) is 87.4 cm³/mol. The smallest absolute Gasteiger partial charge is 0.280 e. The van der Waals surface area contributed by atoms with Gasteiger partial charge in [0.05, 0.1) is 10.4 Å². The topological polar surface area (TPSA) is 51.4 Å². The predicted octanol–water partition coefficient (Wildman–Crippen LogP) is 3.12. The van der Waals surface area contributed by atoms with Crippen LogP contribution in [0.1, 0.15) is 25.6 Å². The minimum Gasteiger partial charge on any atom is -0.327 e. The van der Waals surface area contributed by atoms with Gasteiger partial charge in [-0.25, -0.2) is 0 Å². The summed E-state index contributed by atoms with van der Waals surface area (Å²) in [5.41, 5.74) is 0.715. The number of thiazole rings is 1. The molecule has 0 unspecified atom stereocenters. The first-order valence-corrected chi connectivity index (χ1v) is 8.29. The van der Waals surface area contributed by atoms with Crippen molar-refractivity contribution in [1.29, 1.82) is 0 Å². The van der Waals surface area contributed by atoms with Crippen LogP contribution in [0.4, 0.5) is 0 Å². The fourth-order valence-electron chi connectivity index (χ4n) is 1.99. The largest absolute Gasteiger partial charge is 0.327 e. The summed E-state index contributed by atoms with van der Waals surface area (Å²) >= 11 is 2.74. The molecular formula is C16H12N2O2S2. The van der Waals surface area contributed by atoms with Gasteiger partial charge in [0.2, 0.25) is 5.78 Å². The summed E-state index contributed by atoms with van der Waals surface area (Å²) in [5, 5.41) is 3.70. The number of rotatable bonds is 3. The molecular weight excluding hydrogens is 316 g/mol. The van der Waals surface area contributed by atoms with Crippen molar-refractivity contribution in [3.8, 4) is 0 Å². The number of aromatic nitrogens is 1. The lowest BCUT2D eigenvalue weighted by Gasteiger charge is -2.04. The Morgan fingerprint density at radius 2 is 1.77 bits per heavy atom. The molecule has 0 bridgehead atoms. The second-order valence-corrected chi connectivity index (χ2v) is 6.39. The Balaban J connectivity index is 2.04. The average Bonchev–Trinajstić information content (AvgIpc) is 3.19. The number of hydrogen-bond donors (Lipinski definition) is 0. The van der Waals surface area contributed by atoms with Gasteiger partial charge in [-0.2, -0.15) is 4.99 Å². The quantitative estimate of drug-likeness (QED) is 0.694. The lowest BCUT2D eigenvalue weighted by molar-refractivity contribution is 0.0980. The fraction of sp³-hybridized carbons (Fsp3) is 0.0625. The molecule has 0 fully saturated rings. The molecule has 0 spiro atoms. The molecule has 2 aromatic heterocycles. The van der Waals surface area contributed by atoms with E-state index in [4.69, 9.17) is 0 Å². The monoisotopic (exact) mass is 328 g/mol. The standard InChI is InChI=1S/C16H12N2O2S2/c1-18-8-10-22-16(18)17-15(20)12-6-3-2-5-11(12)14(19)13-7-4-9-21-13/h2-10H,1H3. The minimum absolute atomic E-state index is 0.148. The zero-order valence-electron chi connectivity index (χ0n) is 11.7. The summed E-state index contributed by atoms with van der Waals surface area (Å²) < 4.78 is 1.77. The van der Waals surface area contributed by atoms with Gasteiger partial charge in [0.15, 0.2) is 4.80 Å². The maximum Gasteiger partial charge on any atom is 0.280 e. The van der Waals surface area contributed by atoms with Crippen LogP contribution in [-0.2, 0) is 7.05 Å². The number of nitrogens with zero attached hydrogens (tertiary/aromatic N) is 2. The maximum atomic E-state index is 12.5. The fourth-order valence-corrected chi connectivity index (χ4v) is 3.40. The highest BCUT2D eigenvalue weighted by Crippen LogP contribution is 2.18. The SMILES string of the molecule is Cn1ccsc1=NC(=O)c1ccccc1C(=O)c1cccs1. The third kappa shape index (κ3) is 2.84. The van der Waals surface area contributed by atoms with E-state index in [0.717, 1.165) is 0 Å². The number of carbonyl (C=O) groups is 2. The Morgan fingerprint density at radius 3 is 2.41 bits per heavy atom. The molecule has 6 heteroatoms. The molecule has 1 amide bonds. The molecule has 0 aliphatic heterocycles. The molecule has 110 valence electrons. The van der Waals surface area contributed by atoms with E-state index in [-0.39, 0.29) is 5.78 Å². The van der Waals surface area contributed by atoms with Crippen molar-refractivity contribution < 1.29 is 9.59 Å². The van der Waals surface area contributed by atoms with Crippen LogP contribution in [0, 0.1) is 0 Å². The van der Waals surface area contributed by atoms with Gasteiger partial charge in [-0.05, 0) is 17.5 Å². The van der Waals surface area contributed by atoms with E-state index in [1.54, 1.807) is 34.9 Å². The van der Waals surface area contributed by atoms with Crippen molar-refractivity contribution in [2.24, 2.45) is 12.0 Å². The molecule has 0 radical (unpaired) electrons. The van der Waals surface area contributed by atoms with Crippen LogP contribution in [-0.4, -0.2) is 16.3 Å². The highest BCUT2D eigenvalue weighted by molar-refractivity contribution is 7.12. The summed E-state index contributed by atoms with van der Waals surface area (Å²) in [6.45, 7) is 0. The minimum atomic E-state index is -0.404. The number of carbonyl (C=O) groups excluding carboxylic acids is 2. The highest BCUT2D eigenvalue weighted by atomic mass is 32.1. The van der Waals surface area contributed by atoms with E-state index in [9.17, 15) is 9.59 Å². The summed E-state index contributed by atoms with van der Waals surface area (Å²) in [5.74, 6) is -0.553. The number of benzene rings is 1. The summed E-state index contributed by atoms with van der Waals surface area (Å²) in [7, 11) is 1.82. The molecule has 4 nitrogen and oxygen atoms in total. The normalized spacial score (nSPS) is 11.6. The Morgan fingerprint density at radius 1 is 1.00 bits per heavy atom. The van der Waals surface area contributed by atoms with Gasteiger partial charge in [0.25, 0.3) is 5.91 Å². The Labute approximate surface area is 135 Å². The van der Waals surface area contributed by atoms with Gasteiger partial charge >= 0.3 is 0 Å². The average molecular weight is 328 g/mol. The van der Waals surface area contributed by atoms with Crippen LogP contribution in [0.25, 0.3) is 0 Å². The Bertz CT molecular complexity index is 889. The highest BCUT2D eigenvalue weighted by Gasteiger charge is 2.18. The van der Waals surface area contributed by atoms with Crippen LogP contribution >= 0.6 is 22.7 Å². The van der Waals surface area contributed by atoms with E-state index in [0.29, 0.717) is 20.8 Å². The molecule has 0 N–H and O–H groups in total.